The van der Waals surface area contributed by atoms with Crippen molar-refractivity contribution in [1.29, 1.82) is 0 Å². The van der Waals surface area contributed by atoms with Crippen LogP contribution in [-0.2, 0) is 13.1 Å². The minimum Gasteiger partial charge on any atom is -0.392 e. The van der Waals surface area contributed by atoms with E-state index in [1.165, 1.54) is 32.1 Å². The lowest BCUT2D eigenvalue weighted by Gasteiger charge is -2.33. The fourth-order valence-corrected chi connectivity index (χ4v) is 3.20. The van der Waals surface area contributed by atoms with E-state index in [9.17, 15) is 5.11 Å². The standard InChI is InChI=1S/C13H22N4O/c18-12(11-4-2-1-3-5-11)8-16-6-7-17-10-14-15-13(17)9-16/h10-12,18H,1-9H2. The third kappa shape index (κ3) is 2.57. The lowest BCUT2D eigenvalue weighted by Crippen LogP contribution is -2.41. The number of aliphatic hydroxyl groups is 1. The number of hydrogen-bond acceptors (Lipinski definition) is 4. The van der Waals surface area contributed by atoms with E-state index in [-0.39, 0.29) is 6.10 Å². The zero-order valence-corrected chi connectivity index (χ0v) is 10.8. The van der Waals surface area contributed by atoms with Crippen molar-refractivity contribution in [2.45, 2.75) is 51.3 Å². The van der Waals surface area contributed by atoms with Crippen LogP contribution >= 0.6 is 0 Å². The van der Waals surface area contributed by atoms with Gasteiger partial charge in [-0.3, -0.25) is 4.90 Å². The molecular weight excluding hydrogens is 228 g/mol. The average molecular weight is 250 g/mol. The van der Waals surface area contributed by atoms with Crippen LogP contribution in [0.2, 0.25) is 0 Å². The molecule has 0 radical (unpaired) electrons. The van der Waals surface area contributed by atoms with Gasteiger partial charge in [-0.2, -0.15) is 0 Å². The number of aromatic nitrogens is 3. The highest BCUT2D eigenvalue weighted by Gasteiger charge is 2.25. The van der Waals surface area contributed by atoms with E-state index in [0.717, 1.165) is 32.0 Å². The summed E-state index contributed by atoms with van der Waals surface area (Å²) in [6.07, 6.45) is 7.95. The Labute approximate surface area is 108 Å². The minimum absolute atomic E-state index is 0.167. The predicted molar refractivity (Wildman–Crippen MR) is 67.9 cm³/mol. The van der Waals surface area contributed by atoms with Gasteiger partial charge in [-0.05, 0) is 18.8 Å². The van der Waals surface area contributed by atoms with Gasteiger partial charge in [0.05, 0.1) is 12.6 Å². The Morgan fingerprint density at radius 2 is 2.11 bits per heavy atom. The molecule has 1 unspecified atom stereocenters. The molecule has 100 valence electrons. The van der Waals surface area contributed by atoms with Gasteiger partial charge in [-0.1, -0.05) is 19.3 Å². The van der Waals surface area contributed by atoms with Crippen LogP contribution < -0.4 is 0 Å². The van der Waals surface area contributed by atoms with Gasteiger partial charge in [0, 0.05) is 19.6 Å². The second-order valence-electron chi connectivity index (χ2n) is 5.64. The SMILES string of the molecule is OC(CN1CCn2cnnc2C1)C1CCCCC1. The Morgan fingerprint density at radius 1 is 1.28 bits per heavy atom. The Kier molecular flexibility index (Phi) is 3.61. The topological polar surface area (TPSA) is 54.2 Å². The number of rotatable bonds is 3. The van der Waals surface area contributed by atoms with Crippen LogP contribution in [0.25, 0.3) is 0 Å². The van der Waals surface area contributed by atoms with E-state index in [0.29, 0.717) is 5.92 Å². The van der Waals surface area contributed by atoms with Crippen molar-refractivity contribution in [2.75, 3.05) is 13.1 Å². The molecule has 1 aromatic rings. The van der Waals surface area contributed by atoms with E-state index in [2.05, 4.69) is 19.7 Å². The lowest BCUT2D eigenvalue weighted by molar-refractivity contribution is 0.0389. The van der Waals surface area contributed by atoms with Crippen molar-refractivity contribution in [1.82, 2.24) is 19.7 Å². The van der Waals surface area contributed by atoms with Crippen LogP contribution in [0, 0.1) is 5.92 Å². The van der Waals surface area contributed by atoms with Crippen molar-refractivity contribution in [3.63, 3.8) is 0 Å². The summed E-state index contributed by atoms with van der Waals surface area (Å²) >= 11 is 0. The van der Waals surface area contributed by atoms with Crippen LogP contribution in [-0.4, -0.2) is 44.0 Å². The molecule has 3 rings (SSSR count). The largest absolute Gasteiger partial charge is 0.392 e. The highest BCUT2D eigenvalue weighted by molar-refractivity contribution is 4.90. The third-order valence-corrected chi connectivity index (χ3v) is 4.36. The summed E-state index contributed by atoms with van der Waals surface area (Å²) in [4.78, 5) is 2.31. The molecular formula is C13H22N4O. The lowest BCUT2D eigenvalue weighted by atomic mass is 9.85. The van der Waals surface area contributed by atoms with Crippen LogP contribution in [0.1, 0.15) is 37.9 Å². The van der Waals surface area contributed by atoms with E-state index in [1.807, 2.05) is 0 Å². The molecule has 0 spiro atoms. The van der Waals surface area contributed by atoms with Crippen molar-refractivity contribution < 1.29 is 5.11 Å². The van der Waals surface area contributed by atoms with E-state index >= 15 is 0 Å². The monoisotopic (exact) mass is 250 g/mol. The molecule has 2 aliphatic rings. The Balaban J connectivity index is 1.54. The van der Waals surface area contributed by atoms with Gasteiger partial charge in [-0.15, -0.1) is 10.2 Å². The van der Waals surface area contributed by atoms with Crippen molar-refractivity contribution >= 4 is 0 Å². The summed E-state index contributed by atoms with van der Waals surface area (Å²) in [5.41, 5.74) is 0. The number of β-amino-alcohol motifs (C(OH)–C–C–N with tert-alkyl or cyclic N) is 1. The van der Waals surface area contributed by atoms with Gasteiger partial charge in [0.15, 0.2) is 0 Å². The molecule has 18 heavy (non-hydrogen) atoms. The summed E-state index contributed by atoms with van der Waals surface area (Å²) in [6, 6.07) is 0. The Bertz CT molecular complexity index is 386. The summed E-state index contributed by atoms with van der Waals surface area (Å²) in [6.45, 7) is 3.55. The summed E-state index contributed by atoms with van der Waals surface area (Å²) in [5.74, 6) is 1.54. The molecule has 1 aliphatic carbocycles. The van der Waals surface area contributed by atoms with E-state index in [1.54, 1.807) is 6.33 Å². The van der Waals surface area contributed by atoms with Crippen molar-refractivity contribution in [2.24, 2.45) is 5.92 Å². The summed E-state index contributed by atoms with van der Waals surface area (Å²) < 4.78 is 2.10. The van der Waals surface area contributed by atoms with Gasteiger partial charge in [0.2, 0.25) is 0 Å². The number of fused-ring (bicyclic) bond motifs is 1. The first-order valence-corrected chi connectivity index (χ1v) is 7.10. The molecule has 5 nitrogen and oxygen atoms in total. The highest BCUT2D eigenvalue weighted by atomic mass is 16.3. The first-order chi connectivity index (χ1) is 8.83. The minimum atomic E-state index is -0.167. The second-order valence-corrected chi connectivity index (χ2v) is 5.64. The zero-order chi connectivity index (χ0) is 12.4. The van der Waals surface area contributed by atoms with E-state index in [4.69, 9.17) is 0 Å². The average Bonchev–Trinajstić information content (AvgIpc) is 2.87. The van der Waals surface area contributed by atoms with Crippen molar-refractivity contribution in [3.8, 4) is 0 Å². The van der Waals surface area contributed by atoms with Gasteiger partial charge in [-0.25, -0.2) is 0 Å². The normalized spacial score (nSPS) is 23.8. The third-order valence-electron chi connectivity index (χ3n) is 4.36. The quantitative estimate of drug-likeness (QED) is 0.870. The molecule has 2 heterocycles. The molecule has 0 amide bonds. The van der Waals surface area contributed by atoms with Crippen LogP contribution in [0.5, 0.6) is 0 Å². The summed E-state index contributed by atoms with van der Waals surface area (Å²) in [5, 5.41) is 18.4. The number of aliphatic hydroxyl groups excluding tert-OH is 1. The first kappa shape index (κ1) is 12.1. The maximum atomic E-state index is 10.3. The van der Waals surface area contributed by atoms with Gasteiger partial charge < -0.3 is 9.67 Å². The first-order valence-electron chi connectivity index (χ1n) is 7.10. The predicted octanol–water partition coefficient (Wildman–Crippen LogP) is 1.03. The summed E-state index contributed by atoms with van der Waals surface area (Å²) in [7, 11) is 0. The van der Waals surface area contributed by atoms with Gasteiger partial charge >= 0.3 is 0 Å². The van der Waals surface area contributed by atoms with Crippen LogP contribution in [0.15, 0.2) is 6.33 Å². The fraction of sp³-hybridized carbons (Fsp3) is 0.846. The Hall–Kier alpha value is -0.940. The van der Waals surface area contributed by atoms with Crippen molar-refractivity contribution in [3.05, 3.63) is 12.2 Å². The van der Waals surface area contributed by atoms with Crippen LogP contribution in [0.3, 0.4) is 0 Å². The maximum Gasteiger partial charge on any atom is 0.147 e. The highest BCUT2D eigenvalue weighted by Crippen LogP contribution is 2.27. The second kappa shape index (κ2) is 5.36. The van der Waals surface area contributed by atoms with Crippen LogP contribution in [0.4, 0.5) is 0 Å². The maximum absolute atomic E-state index is 10.3. The molecule has 1 saturated carbocycles. The molecule has 0 bridgehead atoms. The molecule has 1 atom stereocenters. The smallest absolute Gasteiger partial charge is 0.147 e. The molecule has 1 fully saturated rings. The number of hydrogen-bond donors (Lipinski definition) is 1. The van der Waals surface area contributed by atoms with Gasteiger partial charge in [0.1, 0.15) is 12.2 Å². The molecule has 1 N–H and O–H groups in total. The number of nitrogens with zero attached hydrogens (tertiary/aromatic N) is 4. The van der Waals surface area contributed by atoms with Gasteiger partial charge in [0.25, 0.3) is 0 Å². The molecule has 5 heteroatoms. The molecule has 1 aliphatic heterocycles. The molecule has 0 aromatic carbocycles. The molecule has 0 saturated heterocycles. The van der Waals surface area contributed by atoms with E-state index < -0.39 is 0 Å². The molecule has 1 aromatic heterocycles. The fourth-order valence-electron chi connectivity index (χ4n) is 3.20. The Morgan fingerprint density at radius 3 is 2.94 bits per heavy atom. The zero-order valence-electron chi connectivity index (χ0n) is 10.8.